The molecule has 2 heterocycles. The number of hydrogen-bond acceptors (Lipinski definition) is 5. The van der Waals surface area contributed by atoms with E-state index in [4.69, 9.17) is 4.84 Å². The molecule has 6 heteroatoms. The molecule has 2 aliphatic rings. The first-order valence-electron chi connectivity index (χ1n) is 13.7. The number of aryl methyl sites for hydroxylation is 2. The predicted molar refractivity (Wildman–Crippen MR) is 151 cm³/mol. The highest BCUT2D eigenvalue weighted by molar-refractivity contribution is 5.98. The van der Waals surface area contributed by atoms with Crippen LogP contribution in [-0.2, 0) is 4.84 Å². The van der Waals surface area contributed by atoms with Crippen LogP contribution in [-0.4, -0.2) is 77.7 Å². The SMILES string of the molecule is CON=C(C)c1ccc([C@H](C)N2CCN(C3(C)CCN(C(=O)c4c(C)cccc4C)CC3)C[C@@H]2C)cc1. The van der Waals surface area contributed by atoms with Crippen molar-refractivity contribution in [2.24, 2.45) is 5.16 Å². The van der Waals surface area contributed by atoms with Crippen LogP contribution in [0.1, 0.15) is 79.2 Å². The largest absolute Gasteiger partial charge is 0.399 e. The van der Waals surface area contributed by atoms with Gasteiger partial charge in [-0.25, -0.2) is 0 Å². The summed E-state index contributed by atoms with van der Waals surface area (Å²) in [4.78, 5) is 25.6. The predicted octanol–water partition coefficient (Wildman–Crippen LogP) is 5.44. The van der Waals surface area contributed by atoms with Crippen molar-refractivity contribution in [2.75, 3.05) is 39.8 Å². The number of benzene rings is 2. The van der Waals surface area contributed by atoms with Crippen LogP contribution in [0.3, 0.4) is 0 Å². The summed E-state index contributed by atoms with van der Waals surface area (Å²) in [6.07, 6.45) is 2.05. The van der Waals surface area contributed by atoms with Gasteiger partial charge in [-0.15, -0.1) is 0 Å². The molecule has 2 aromatic carbocycles. The van der Waals surface area contributed by atoms with Gasteiger partial charge in [0.1, 0.15) is 7.11 Å². The summed E-state index contributed by atoms with van der Waals surface area (Å²) < 4.78 is 0. The minimum absolute atomic E-state index is 0.140. The van der Waals surface area contributed by atoms with Crippen LogP contribution in [0.4, 0.5) is 0 Å². The van der Waals surface area contributed by atoms with Gasteiger partial charge in [-0.1, -0.05) is 47.6 Å². The van der Waals surface area contributed by atoms with Crippen molar-refractivity contribution in [2.45, 2.75) is 72.0 Å². The van der Waals surface area contributed by atoms with E-state index in [1.165, 1.54) is 5.56 Å². The molecule has 0 bridgehead atoms. The Hall–Kier alpha value is -2.70. The molecule has 0 spiro atoms. The number of carbonyl (C=O) groups is 1. The number of piperazine rings is 1. The maximum absolute atomic E-state index is 13.3. The van der Waals surface area contributed by atoms with Gasteiger partial charge in [-0.05, 0) is 76.6 Å². The molecule has 2 fully saturated rings. The van der Waals surface area contributed by atoms with Crippen LogP contribution in [0.25, 0.3) is 0 Å². The second-order valence-corrected chi connectivity index (χ2v) is 11.2. The zero-order chi connectivity index (χ0) is 26.7. The van der Waals surface area contributed by atoms with Crippen molar-refractivity contribution in [1.82, 2.24) is 14.7 Å². The molecule has 0 aromatic heterocycles. The lowest BCUT2D eigenvalue weighted by atomic mass is 9.85. The molecule has 2 aliphatic heterocycles. The third-order valence-electron chi connectivity index (χ3n) is 8.80. The minimum Gasteiger partial charge on any atom is -0.399 e. The molecule has 2 saturated heterocycles. The molecule has 37 heavy (non-hydrogen) atoms. The van der Waals surface area contributed by atoms with Gasteiger partial charge in [-0.2, -0.15) is 0 Å². The standard InChI is InChI=1S/C31H44N4O2/c1-22-9-8-10-23(2)29(22)30(36)33-17-15-31(6,16-18-33)34-19-20-35(24(3)21-34)26(5)28-13-11-27(12-14-28)25(4)32-37-7/h8-14,24,26H,15-21H2,1-7H3/t24-,26-/m0/s1. The third kappa shape index (κ3) is 5.75. The van der Waals surface area contributed by atoms with Crippen molar-refractivity contribution in [3.63, 3.8) is 0 Å². The van der Waals surface area contributed by atoms with E-state index in [1.54, 1.807) is 7.11 Å². The van der Waals surface area contributed by atoms with Crippen molar-refractivity contribution in [1.29, 1.82) is 0 Å². The lowest BCUT2D eigenvalue weighted by Gasteiger charge is -2.52. The Morgan fingerprint density at radius 2 is 1.65 bits per heavy atom. The molecule has 0 aliphatic carbocycles. The van der Waals surface area contributed by atoms with E-state index in [0.717, 1.165) is 73.5 Å². The fourth-order valence-corrected chi connectivity index (χ4v) is 6.24. The van der Waals surface area contributed by atoms with Crippen LogP contribution in [0.5, 0.6) is 0 Å². The van der Waals surface area contributed by atoms with Crippen LogP contribution >= 0.6 is 0 Å². The second kappa shape index (κ2) is 11.4. The molecule has 6 nitrogen and oxygen atoms in total. The first-order chi connectivity index (χ1) is 17.6. The summed E-state index contributed by atoms with van der Waals surface area (Å²) in [5, 5.41) is 4.05. The number of hydrogen-bond donors (Lipinski definition) is 0. The summed E-state index contributed by atoms with van der Waals surface area (Å²) in [5.41, 5.74) is 6.48. The van der Waals surface area contributed by atoms with Gasteiger partial charge in [0.15, 0.2) is 0 Å². The lowest BCUT2D eigenvalue weighted by molar-refractivity contribution is -0.0278. The zero-order valence-electron chi connectivity index (χ0n) is 23.8. The molecule has 0 unspecified atom stereocenters. The van der Waals surface area contributed by atoms with E-state index < -0.39 is 0 Å². The molecule has 4 rings (SSSR count). The van der Waals surface area contributed by atoms with Crippen molar-refractivity contribution < 1.29 is 9.63 Å². The summed E-state index contributed by atoms with van der Waals surface area (Å²) in [7, 11) is 1.58. The summed E-state index contributed by atoms with van der Waals surface area (Å²) in [6, 6.07) is 15.7. The first-order valence-corrected chi connectivity index (χ1v) is 13.7. The number of piperidine rings is 1. The van der Waals surface area contributed by atoms with Crippen molar-refractivity contribution in [3.8, 4) is 0 Å². The number of carbonyl (C=O) groups excluding carboxylic acids is 1. The fraction of sp³-hybridized carbons (Fsp3) is 0.548. The highest BCUT2D eigenvalue weighted by Gasteiger charge is 2.40. The van der Waals surface area contributed by atoms with E-state index >= 15 is 0 Å². The Morgan fingerprint density at radius 1 is 1.03 bits per heavy atom. The van der Waals surface area contributed by atoms with Crippen molar-refractivity contribution in [3.05, 3.63) is 70.3 Å². The summed E-state index contributed by atoms with van der Waals surface area (Å²) in [6.45, 7) is 18.0. The smallest absolute Gasteiger partial charge is 0.254 e. The summed E-state index contributed by atoms with van der Waals surface area (Å²) >= 11 is 0. The monoisotopic (exact) mass is 504 g/mol. The highest BCUT2D eigenvalue weighted by Crippen LogP contribution is 2.34. The maximum atomic E-state index is 13.3. The molecular weight excluding hydrogens is 460 g/mol. The Morgan fingerprint density at radius 3 is 2.22 bits per heavy atom. The molecule has 2 atom stereocenters. The van der Waals surface area contributed by atoms with E-state index in [1.807, 2.05) is 39.0 Å². The molecule has 0 N–H and O–H groups in total. The van der Waals surface area contributed by atoms with Crippen molar-refractivity contribution >= 4 is 11.6 Å². The average molecular weight is 505 g/mol. The van der Waals surface area contributed by atoms with Gasteiger partial charge in [0.2, 0.25) is 0 Å². The van der Waals surface area contributed by atoms with Crippen LogP contribution in [0.2, 0.25) is 0 Å². The Labute approximate surface area is 223 Å². The van der Waals surface area contributed by atoms with Gasteiger partial charge < -0.3 is 9.74 Å². The summed E-state index contributed by atoms with van der Waals surface area (Å²) in [5.74, 6) is 0.194. The number of rotatable bonds is 6. The van der Waals surface area contributed by atoms with Crippen LogP contribution in [0, 0.1) is 13.8 Å². The zero-order valence-corrected chi connectivity index (χ0v) is 23.8. The molecular formula is C31H44N4O2. The maximum Gasteiger partial charge on any atom is 0.254 e. The average Bonchev–Trinajstić information content (AvgIpc) is 2.88. The third-order valence-corrected chi connectivity index (χ3v) is 8.80. The van der Waals surface area contributed by atoms with Gasteiger partial charge in [0.05, 0.1) is 5.71 Å². The van der Waals surface area contributed by atoms with E-state index in [9.17, 15) is 4.79 Å². The topological polar surface area (TPSA) is 48.4 Å². The molecule has 200 valence electrons. The number of nitrogens with zero attached hydrogens (tertiary/aromatic N) is 4. The first kappa shape index (κ1) is 27.3. The fourth-order valence-electron chi connectivity index (χ4n) is 6.24. The van der Waals surface area contributed by atoms with E-state index in [-0.39, 0.29) is 11.4 Å². The van der Waals surface area contributed by atoms with Crippen LogP contribution in [0.15, 0.2) is 47.6 Å². The molecule has 2 aromatic rings. The Balaban J connectivity index is 1.35. The second-order valence-electron chi connectivity index (χ2n) is 11.2. The lowest BCUT2D eigenvalue weighted by Crippen LogP contribution is -2.62. The molecule has 1 amide bonds. The Kier molecular flexibility index (Phi) is 8.39. The highest BCUT2D eigenvalue weighted by atomic mass is 16.6. The quantitative estimate of drug-likeness (QED) is 0.389. The molecule has 0 saturated carbocycles. The van der Waals surface area contributed by atoms with Gasteiger partial charge in [0.25, 0.3) is 5.91 Å². The Bertz CT molecular complexity index is 1100. The minimum atomic E-state index is 0.140. The molecule has 0 radical (unpaired) electrons. The van der Waals surface area contributed by atoms with Crippen LogP contribution < -0.4 is 0 Å². The van der Waals surface area contributed by atoms with E-state index in [2.05, 4.69) is 64.9 Å². The van der Waals surface area contributed by atoms with Gasteiger partial charge in [0, 0.05) is 55.9 Å². The van der Waals surface area contributed by atoms with E-state index in [0.29, 0.717) is 12.1 Å². The number of likely N-dealkylation sites (tertiary alicyclic amines) is 1. The van der Waals surface area contributed by atoms with Gasteiger partial charge in [-0.3, -0.25) is 14.6 Å². The number of oxime groups is 1. The van der Waals surface area contributed by atoms with Gasteiger partial charge >= 0.3 is 0 Å². The number of amides is 1. The normalized spacial score (nSPS) is 22.1.